The summed E-state index contributed by atoms with van der Waals surface area (Å²) < 4.78 is 0. The van der Waals surface area contributed by atoms with Gasteiger partial charge in [-0.25, -0.2) is 0 Å². The molecule has 1 N–H and O–H groups in total. The van der Waals surface area contributed by atoms with E-state index in [2.05, 4.69) is 49.5 Å². The highest BCUT2D eigenvalue weighted by molar-refractivity contribution is 5.84. The fraction of sp³-hybridized carbons (Fsp3) is 0.529. The maximum Gasteiger partial charge on any atom is 0.224 e. The van der Waals surface area contributed by atoms with Crippen LogP contribution >= 0.6 is 0 Å². The molecule has 20 heavy (non-hydrogen) atoms. The molecule has 104 valence electrons. The van der Waals surface area contributed by atoms with Crippen LogP contribution in [0.15, 0.2) is 24.3 Å². The lowest BCUT2D eigenvalue weighted by atomic mass is 10.00. The SMILES string of the molecule is CC(C)c1ccc(C2CC2C(=O)NC2(C#N)CC2)cc1. The summed E-state index contributed by atoms with van der Waals surface area (Å²) in [5.74, 6) is 0.992. The first kappa shape index (κ1) is 13.2. The first-order chi connectivity index (χ1) is 9.54. The number of carbonyl (C=O) groups excluding carboxylic acids is 1. The van der Waals surface area contributed by atoms with Crippen LogP contribution in [-0.4, -0.2) is 11.4 Å². The van der Waals surface area contributed by atoms with Crippen molar-refractivity contribution < 1.29 is 4.79 Å². The number of amides is 1. The van der Waals surface area contributed by atoms with Crippen LogP contribution in [-0.2, 0) is 4.79 Å². The fourth-order valence-corrected chi connectivity index (χ4v) is 2.70. The van der Waals surface area contributed by atoms with Gasteiger partial charge in [-0.15, -0.1) is 0 Å². The monoisotopic (exact) mass is 268 g/mol. The Balaban J connectivity index is 1.61. The van der Waals surface area contributed by atoms with Gasteiger partial charge in [-0.2, -0.15) is 5.26 Å². The number of rotatable bonds is 4. The van der Waals surface area contributed by atoms with Gasteiger partial charge in [0.1, 0.15) is 5.54 Å². The number of hydrogen-bond acceptors (Lipinski definition) is 2. The fourth-order valence-electron chi connectivity index (χ4n) is 2.70. The Labute approximate surface area is 120 Å². The van der Waals surface area contributed by atoms with Crippen molar-refractivity contribution in [3.05, 3.63) is 35.4 Å². The highest BCUT2D eigenvalue weighted by Crippen LogP contribution is 2.48. The van der Waals surface area contributed by atoms with Crippen LogP contribution in [0.4, 0.5) is 0 Å². The Morgan fingerprint density at radius 2 is 2.00 bits per heavy atom. The number of nitrogens with zero attached hydrogens (tertiary/aromatic N) is 1. The van der Waals surface area contributed by atoms with Crippen molar-refractivity contribution >= 4 is 5.91 Å². The molecule has 1 aromatic carbocycles. The molecule has 0 saturated heterocycles. The molecule has 2 atom stereocenters. The predicted octanol–water partition coefficient (Wildman–Crippen LogP) is 3.09. The minimum atomic E-state index is -0.536. The third-order valence-corrected chi connectivity index (χ3v) is 4.48. The van der Waals surface area contributed by atoms with Crippen LogP contribution in [0.3, 0.4) is 0 Å². The molecule has 0 heterocycles. The zero-order valence-electron chi connectivity index (χ0n) is 12.0. The summed E-state index contributed by atoms with van der Waals surface area (Å²) in [5.41, 5.74) is 2.04. The van der Waals surface area contributed by atoms with Gasteiger partial charge in [-0.3, -0.25) is 4.79 Å². The second-order valence-corrected chi connectivity index (χ2v) is 6.45. The van der Waals surface area contributed by atoms with Gasteiger partial charge in [0.25, 0.3) is 0 Å². The maximum absolute atomic E-state index is 12.1. The first-order valence-electron chi connectivity index (χ1n) is 7.38. The molecule has 3 nitrogen and oxygen atoms in total. The molecule has 2 saturated carbocycles. The summed E-state index contributed by atoms with van der Waals surface area (Å²) in [6.07, 6.45) is 2.51. The number of nitrogens with one attached hydrogen (secondary N) is 1. The smallest absolute Gasteiger partial charge is 0.224 e. The van der Waals surface area contributed by atoms with Crippen molar-refractivity contribution in [2.75, 3.05) is 0 Å². The van der Waals surface area contributed by atoms with E-state index in [1.54, 1.807) is 0 Å². The van der Waals surface area contributed by atoms with Gasteiger partial charge >= 0.3 is 0 Å². The average Bonchev–Trinajstić information content (AvgIpc) is 3.33. The van der Waals surface area contributed by atoms with Crippen LogP contribution in [0.1, 0.15) is 56.1 Å². The van der Waals surface area contributed by atoms with Crippen LogP contribution in [0.5, 0.6) is 0 Å². The van der Waals surface area contributed by atoms with Gasteiger partial charge in [-0.1, -0.05) is 38.1 Å². The van der Waals surface area contributed by atoms with Gasteiger partial charge in [0.05, 0.1) is 6.07 Å². The Hall–Kier alpha value is -1.82. The Bertz CT molecular complexity index is 564. The molecule has 1 amide bonds. The molecule has 0 radical (unpaired) electrons. The summed E-state index contributed by atoms with van der Waals surface area (Å²) >= 11 is 0. The highest BCUT2D eigenvalue weighted by Gasteiger charge is 2.50. The number of hydrogen-bond donors (Lipinski definition) is 1. The summed E-state index contributed by atoms with van der Waals surface area (Å²) in [7, 11) is 0. The van der Waals surface area contributed by atoms with Crippen molar-refractivity contribution in [3.63, 3.8) is 0 Å². The zero-order valence-corrected chi connectivity index (χ0v) is 12.0. The van der Waals surface area contributed by atoms with E-state index in [0.717, 1.165) is 19.3 Å². The molecule has 2 aliphatic rings. The third-order valence-electron chi connectivity index (χ3n) is 4.48. The van der Waals surface area contributed by atoms with Gasteiger partial charge in [0.2, 0.25) is 5.91 Å². The van der Waals surface area contributed by atoms with Crippen molar-refractivity contribution in [2.24, 2.45) is 5.92 Å². The molecule has 1 aromatic rings. The van der Waals surface area contributed by atoms with E-state index >= 15 is 0 Å². The molecular formula is C17H20N2O. The minimum Gasteiger partial charge on any atom is -0.338 e. The summed E-state index contributed by atoms with van der Waals surface area (Å²) in [4.78, 5) is 12.1. The molecule has 2 fully saturated rings. The second-order valence-electron chi connectivity index (χ2n) is 6.45. The summed E-state index contributed by atoms with van der Waals surface area (Å²) in [6, 6.07) is 10.8. The molecule has 3 heteroatoms. The van der Waals surface area contributed by atoms with Crippen LogP contribution in [0.25, 0.3) is 0 Å². The maximum atomic E-state index is 12.1. The van der Waals surface area contributed by atoms with E-state index in [1.165, 1.54) is 11.1 Å². The Morgan fingerprint density at radius 3 is 2.50 bits per heavy atom. The molecule has 0 bridgehead atoms. The van der Waals surface area contributed by atoms with E-state index in [4.69, 9.17) is 5.26 Å². The van der Waals surface area contributed by atoms with Crippen molar-refractivity contribution in [2.45, 2.75) is 50.5 Å². The lowest BCUT2D eigenvalue weighted by Crippen LogP contribution is -2.36. The molecule has 0 aromatic heterocycles. The normalized spacial score (nSPS) is 25.9. The number of benzene rings is 1. The van der Waals surface area contributed by atoms with Gasteiger partial charge < -0.3 is 5.32 Å². The first-order valence-corrected chi connectivity index (χ1v) is 7.38. The van der Waals surface area contributed by atoms with Crippen LogP contribution in [0.2, 0.25) is 0 Å². The van der Waals surface area contributed by atoms with Gasteiger partial charge in [0.15, 0.2) is 0 Å². The van der Waals surface area contributed by atoms with E-state index in [1.807, 2.05) is 0 Å². The number of nitriles is 1. The zero-order chi connectivity index (χ0) is 14.3. The average molecular weight is 268 g/mol. The largest absolute Gasteiger partial charge is 0.338 e. The highest BCUT2D eigenvalue weighted by atomic mass is 16.2. The van der Waals surface area contributed by atoms with Crippen molar-refractivity contribution in [1.29, 1.82) is 5.26 Å². The lowest BCUT2D eigenvalue weighted by molar-refractivity contribution is -0.123. The van der Waals surface area contributed by atoms with Crippen molar-refractivity contribution in [3.8, 4) is 6.07 Å². The summed E-state index contributed by atoms with van der Waals surface area (Å²) in [5, 5.41) is 11.9. The molecule has 3 rings (SSSR count). The quantitative estimate of drug-likeness (QED) is 0.912. The van der Waals surface area contributed by atoms with Crippen LogP contribution < -0.4 is 5.32 Å². The lowest BCUT2D eigenvalue weighted by Gasteiger charge is -2.09. The van der Waals surface area contributed by atoms with Crippen LogP contribution in [0, 0.1) is 17.2 Å². The molecule has 2 aliphatic carbocycles. The molecular weight excluding hydrogens is 248 g/mol. The predicted molar refractivity (Wildman–Crippen MR) is 77.1 cm³/mol. The van der Waals surface area contributed by atoms with E-state index < -0.39 is 5.54 Å². The van der Waals surface area contributed by atoms with Gasteiger partial charge in [-0.05, 0) is 42.2 Å². The van der Waals surface area contributed by atoms with Gasteiger partial charge in [0, 0.05) is 5.92 Å². The minimum absolute atomic E-state index is 0.0574. The standard InChI is InChI=1S/C17H20N2O/c1-11(2)12-3-5-13(6-4-12)14-9-15(14)16(20)19-17(10-18)7-8-17/h3-6,11,14-15H,7-9H2,1-2H3,(H,19,20). The van der Waals surface area contributed by atoms with E-state index in [-0.39, 0.29) is 11.8 Å². The molecule has 0 spiro atoms. The van der Waals surface area contributed by atoms with E-state index in [9.17, 15) is 4.79 Å². The third kappa shape index (κ3) is 2.43. The number of carbonyl (C=O) groups is 1. The van der Waals surface area contributed by atoms with E-state index in [0.29, 0.717) is 11.8 Å². The Morgan fingerprint density at radius 1 is 1.35 bits per heavy atom. The second kappa shape index (κ2) is 4.63. The topological polar surface area (TPSA) is 52.9 Å². The molecule has 2 unspecified atom stereocenters. The van der Waals surface area contributed by atoms with Crippen molar-refractivity contribution in [1.82, 2.24) is 5.32 Å². The molecule has 0 aliphatic heterocycles. The Kier molecular flexibility index (Phi) is 3.05. The summed E-state index contributed by atoms with van der Waals surface area (Å²) in [6.45, 7) is 4.36.